The number of methoxy groups -OCH3 is 1. The number of phenols is 1. The highest BCUT2D eigenvalue weighted by Crippen LogP contribution is 2.47. The molecule has 2 unspecified atom stereocenters. The molecule has 29 heavy (non-hydrogen) atoms. The average molecular weight is 399 g/mol. The molecule has 3 fully saturated rings. The van der Waals surface area contributed by atoms with E-state index in [-0.39, 0.29) is 22.7 Å². The van der Waals surface area contributed by atoms with E-state index in [1.807, 2.05) is 4.57 Å². The zero-order chi connectivity index (χ0) is 20.3. The van der Waals surface area contributed by atoms with Crippen LogP contribution in [0.1, 0.15) is 42.1 Å². The van der Waals surface area contributed by atoms with Crippen LogP contribution in [0.3, 0.4) is 0 Å². The van der Waals surface area contributed by atoms with Crippen LogP contribution < -0.4 is 20.4 Å². The molecule has 0 spiro atoms. The van der Waals surface area contributed by atoms with Crippen LogP contribution >= 0.6 is 0 Å². The lowest BCUT2D eigenvalue weighted by Gasteiger charge is -2.25. The van der Waals surface area contributed by atoms with E-state index in [9.17, 15) is 19.8 Å². The maximum atomic E-state index is 12.8. The summed E-state index contributed by atoms with van der Waals surface area (Å²) in [7, 11) is 1.53. The van der Waals surface area contributed by atoms with Crippen LogP contribution in [0.5, 0.6) is 11.5 Å². The molecule has 3 N–H and O–H groups in total. The summed E-state index contributed by atoms with van der Waals surface area (Å²) in [6.07, 6.45) is 5.58. The fraction of sp³-hybridized carbons (Fsp3) is 0.524. The number of pyridine rings is 1. The van der Waals surface area contributed by atoms with Crippen LogP contribution in [0.15, 0.2) is 17.1 Å². The fourth-order valence-electron chi connectivity index (χ4n) is 4.98. The lowest BCUT2D eigenvalue weighted by molar-refractivity contribution is 0.0695. The lowest BCUT2D eigenvalue weighted by Crippen LogP contribution is -2.40. The number of aromatic nitrogens is 1. The normalized spacial score (nSPS) is 24.0. The molecule has 1 saturated carbocycles. The zero-order valence-electron chi connectivity index (χ0n) is 16.4. The van der Waals surface area contributed by atoms with Gasteiger partial charge in [0.2, 0.25) is 5.43 Å². The van der Waals surface area contributed by atoms with Gasteiger partial charge < -0.3 is 29.7 Å². The minimum absolute atomic E-state index is 0.0463. The molecular formula is C21H25N3O5. The van der Waals surface area contributed by atoms with Gasteiger partial charge in [0.15, 0.2) is 5.75 Å². The smallest absolute Gasteiger partial charge is 0.341 e. The van der Waals surface area contributed by atoms with Crippen molar-refractivity contribution in [1.82, 2.24) is 9.88 Å². The Morgan fingerprint density at radius 3 is 2.72 bits per heavy atom. The van der Waals surface area contributed by atoms with Gasteiger partial charge in [-0.3, -0.25) is 4.79 Å². The second kappa shape index (κ2) is 6.66. The summed E-state index contributed by atoms with van der Waals surface area (Å²) < 4.78 is 7.60. The lowest BCUT2D eigenvalue weighted by atomic mass is 9.94. The second-order valence-electron chi connectivity index (χ2n) is 8.36. The number of hydrogen-bond acceptors (Lipinski definition) is 6. The average Bonchev–Trinajstić information content (AvgIpc) is 3.45. The van der Waals surface area contributed by atoms with E-state index in [0.29, 0.717) is 28.9 Å². The quantitative estimate of drug-likeness (QED) is 0.722. The number of carbonyl (C=O) groups is 1. The summed E-state index contributed by atoms with van der Waals surface area (Å²) in [5.41, 5.74) is 0.282. The predicted octanol–water partition coefficient (Wildman–Crippen LogP) is 1.94. The zero-order valence-corrected chi connectivity index (χ0v) is 16.4. The van der Waals surface area contributed by atoms with Crippen molar-refractivity contribution in [2.45, 2.75) is 37.8 Å². The first kappa shape index (κ1) is 18.3. The third kappa shape index (κ3) is 2.85. The molecule has 8 heteroatoms. The number of hydrogen-bond donors (Lipinski definition) is 3. The number of carboxylic acid groups (broad SMARTS) is 1. The maximum Gasteiger partial charge on any atom is 0.341 e. The Labute approximate surface area is 167 Å². The largest absolute Gasteiger partial charge is 0.506 e. The van der Waals surface area contributed by atoms with Crippen molar-refractivity contribution in [3.05, 3.63) is 28.0 Å². The number of nitrogens with one attached hydrogen (secondary N) is 1. The van der Waals surface area contributed by atoms with Crippen molar-refractivity contribution < 1.29 is 19.7 Å². The van der Waals surface area contributed by atoms with E-state index in [1.54, 1.807) is 0 Å². The van der Waals surface area contributed by atoms with Crippen LogP contribution in [0, 0.1) is 5.92 Å². The van der Waals surface area contributed by atoms with Crippen LogP contribution in [-0.4, -0.2) is 53.5 Å². The first-order chi connectivity index (χ1) is 14.0. The van der Waals surface area contributed by atoms with Crippen LogP contribution in [0.25, 0.3) is 10.9 Å². The molecular weight excluding hydrogens is 374 g/mol. The van der Waals surface area contributed by atoms with E-state index in [2.05, 4.69) is 10.2 Å². The minimum atomic E-state index is -1.26. The summed E-state index contributed by atoms with van der Waals surface area (Å²) in [6, 6.07) is 1.94. The second-order valence-corrected chi connectivity index (χ2v) is 8.36. The number of fused-ring (bicyclic) bond motifs is 2. The van der Waals surface area contributed by atoms with Crippen molar-refractivity contribution in [3.8, 4) is 11.5 Å². The number of aromatic carboxylic acids is 1. The molecule has 1 aromatic heterocycles. The molecule has 0 radical (unpaired) electrons. The third-order valence-electron chi connectivity index (χ3n) is 6.51. The van der Waals surface area contributed by atoms with E-state index < -0.39 is 11.4 Å². The molecule has 8 nitrogen and oxygen atoms in total. The number of benzene rings is 1. The van der Waals surface area contributed by atoms with Crippen molar-refractivity contribution >= 4 is 22.6 Å². The summed E-state index contributed by atoms with van der Waals surface area (Å²) in [5, 5.41) is 24.1. The van der Waals surface area contributed by atoms with Crippen LogP contribution in [-0.2, 0) is 0 Å². The van der Waals surface area contributed by atoms with E-state index in [4.69, 9.17) is 4.74 Å². The molecule has 2 saturated heterocycles. The van der Waals surface area contributed by atoms with Gasteiger partial charge in [-0.25, -0.2) is 4.79 Å². The van der Waals surface area contributed by atoms with Crippen molar-refractivity contribution in [3.63, 3.8) is 0 Å². The Bertz CT molecular complexity index is 1040. The van der Waals surface area contributed by atoms with Crippen LogP contribution in [0.2, 0.25) is 0 Å². The molecule has 1 aliphatic carbocycles. The highest BCUT2D eigenvalue weighted by atomic mass is 16.5. The predicted molar refractivity (Wildman–Crippen MR) is 108 cm³/mol. The standard InChI is InChI=1S/C21H25N3O5/c1-29-20-17-13(19(26)14(21(27)28)9-24(17)12-4-5-12)7-16(25)18(20)23-8-11-3-2-6-22-15(11)10-23/h7,9,11-12,15,22,25H,2-6,8,10H2,1H3,(H,27,28). The first-order valence-corrected chi connectivity index (χ1v) is 10.2. The molecule has 3 aliphatic rings. The van der Waals surface area contributed by atoms with Gasteiger partial charge in [0.05, 0.1) is 18.0 Å². The SMILES string of the molecule is COc1c(N2CC3CCCNC3C2)c(O)cc2c(=O)c(C(=O)O)cn(C3CC3)c12. The van der Waals surface area contributed by atoms with E-state index >= 15 is 0 Å². The molecule has 1 aromatic carbocycles. The van der Waals surface area contributed by atoms with Gasteiger partial charge in [-0.2, -0.15) is 0 Å². The number of rotatable bonds is 4. The van der Waals surface area contributed by atoms with E-state index in [1.165, 1.54) is 19.4 Å². The summed E-state index contributed by atoms with van der Waals surface area (Å²) in [5.74, 6) is -0.346. The number of carboxylic acids is 1. The number of phenolic OH excluding ortho intramolecular Hbond substituents is 1. The van der Waals surface area contributed by atoms with Crippen LogP contribution in [0.4, 0.5) is 5.69 Å². The number of nitrogens with zero attached hydrogens (tertiary/aromatic N) is 2. The molecule has 5 rings (SSSR count). The Balaban J connectivity index is 1.73. The van der Waals surface area contributed by atoms with Gasteiger partial charge in [0.25, 0.3) is 0 Å². The molecule has 3 heterocycles. The van der Waals surface area contributed by atoms with Gasteiger partial charge in [-0.15, -0.1) is 0 Å². The molecule has 2 aromatic rings. The maximum absolute atomic E-state index is 12.8. The van der Waals surface area contributed by atoms with Gasteiger partial charge in [-0.05, 0) is 44.2 Å². The number of ether oxygens (including phenoxy) is 1. The summed E-state index contributed by atoms with van der Waals surface area (Å²) >= 11 is 0. The van der Waals surface area contributed by atoms with Crippen molar-refractivity contribution in [1.29, 1.82) is 0 Å². The van der Waals surface area contributed by atoms with E-state index in [0.717, 1.165) is 45.3 Å². The van der Waals surface area contributed by atoms with Gasteiger partial charge >= 0.3 is 5.97 Å². The van der Waals surface area contributed by atoms with Crippen molar-refractivity contribution in [2.75, 3.05) is 31.6 Å². The molecule has 0 bridgehead atoms. The minimum Gasteiger partial charge on any atom is -0.506 e. The third-order valence-corrected chi connectivity index (χ3v) is 6.51. The Morgan fingerprint density at radius 1 is 1.28 bits per heavy atom. The number of aromatic hydroxyl groups is 1. The molecule has 154 valence electrons. The van der Waals surface area contributed by atoms with Gasteiger partial charge in [0, 0.05) is 31.4 Å². The summed E-state index contributed by atoms with van der Waals surface area (Å²) in [6.45, 7) is 2.59. The van der Waals surface area contributed by atoms with Gasteiger partial charge in [-0.1, -0.05) is 0 Å². The topological polar surface area (TPSA) is 104 Å². The summed E-state index contributed by atoms with van der Waals surface area (Å²) in [4.78, 5) is 26.6. The molecule has 2 aliphatic heterocycles. The Kier molecular flexibility index (Phi) is 4.20. The molecule has 0 amide bonds. The highest BCUT2D eigenvalue weighted by Gasteiger charge is 2.38. The number of piperidine rings is 1. The Morgan fingerprint density at radius 2 is 2.07 bits per heavy atom. The number of anilines is 1. The fourth-order valence-corrected chi connectivity index (χ4v) is 4.98. The Hall–Kier alpha value is -2.74. The van der Waals surface area contributed by atoms with Gasteiger partial charge in [0.1, 0.15) is 17.0 Å². The first-order valence-electron chi connectivity index (χ1n) is 10.2. The monoisotopic (exact) mass is 399 g/mol. The van der Waals surface area contributed by atoms with Crippen molar-refractivity contribution in [2.24, 2.45) is 5.92 Å². The highest BCUT2D eigenvalue weighted by molar-refractivity contribution is 5.98. The molecule has 2 atom stereocenters.